The molecule has 0 fully saturated rings. The quantitative estimate of drug-likeness (QED) is 0.884. The van der Waals surface area contributed by atoms with Crippen LogP contribution in [0.25, 0.3) is 10.9 Å². The first-order valence-corrected chi connectivity index (χ1v) is 6.58. The van der Waals surface area contributed by atoms with Crippen LogP contribution in [-0.4, -0.2) is 42.5 Å². The predicted molar refractivity (Wildman–Crippen MR) is 81.6 cm³/mol. The molecule has 0 saturated carbocycles. The summed E-state index contributed by atoms with van der Waals surface area (Å²) in [5.41, 5.74) is 7.08. The Balaban J connectivity index is 2.30. The molecule has 1 unspecified atom stereocenters. The average Bonchev–Trinajstić information content (AvgIpc) is 2.36. The van der Waals surface area contributed by atoms with E-state index in [1.165, 1.54) is 0 Å². The molecule has 1 aromatic heterocycles. The number of anilines is 1. The summed E-state index contributed by atoms with van der Waals surface area (Å²) in [7, 11) is 3.95. The Morgan fingerprint density at radius 3 is 2.80 bits per heavy atom. The van der Waals surface area contributed by atoms with Crippen molar-refractivity contribution in [2.24, 2.45) is 0 Å². The number of amides is 1. The van der Waals surface area contributed by atoms with Crippen LogP contribution in [0.15, 0.2) is 30.3 Å². The molecule has 0 spiro atoms. The minimum atomic E-state index is -0.121. The first-order chi connectivity index (χ1) is 9.47. The van der Waals surface area contributed by atoms with Crippen LogP contribution < -0.4 is 11.1 Å². The number of nitrogens with one attached hydrogen (secondary N) is 1. The summed E-state index contributed by atoms with van der Waals surface area (Å²) in [6, 6.07) is 9.19. The van der Waals surface area contributed by atoms with Gasteiger partial charge in [-0.25, -0.2) is 4.98 Å². The van der Waals surface area contributed by atoms with Gasteiger partial charge in [-0.2, -0.15) is 0 Å². The fraction of sp³-hybridized carbons (Fsp3) is 0.333. The zero-order chi connectivity index (χ0) is 14.7. The van der Waals surface area contributed by atoms with Crippen molar-refractivity contribution in [3.63, 3.8) is 0 Å². The number of hydrogen-bond acceptors (Lipinski definition) is 4. The van der Waals surface area contributed by atoms with Crippen molar-refractivity contribution in [1.82, 2.24) is 15.2 Å². The van der Waals surface area contributed by atoms with Crippen LogP contribution in [-0.2, 0) is 0 Å². The summed E-state index contributed by atoms with van der Waals surface area (Å²) in [4.78, 5) is 18.7. The van der Waals surface area contributed by atoms with Gasteiger partial charge in [0, 0.05) is 18.0 Å². The fourth-order valence-electron chi connectivity index (χ4n) is 2.28. The highest BCUT2D eigenvalue weighted by molar-refractivity contribution is 6.06. The first kappa shape index (κ1) is 14.3. The molecular weight excluding hydrogens is 252 g/mol. The van der Waals surface area contributed by atoms with E-state index in [0.29, 0.717) is 11.4 Å². The Labute approximate surface area is 118 Å². The Hall–Kier alpha value is -2.14. The molecule has 0 radical (unpaired) electrons. The zero-order valence-corrected chi connectivity index (χ0v) is 12.1. The molecule has 5 heteroatoms. The van der Waals surface area contributed by atoms with Crippen LogP contribution in [0.2, 0.25) is 0 Å². The van der Waals surface area contributed by atoms with Gasteiger partial charge in [0.1, 0.15) is 5.82 Å². The highest BCUT2D eigenvalue weighted by Gasteiger charge is 2.14. The molecule has 1 amide bonds. The molecule has 1 aromatic carbocycles. The topological polar surface area (TPSA) is 71.2 Å². The second kappa shape index (κ2) is 5.88. The van der Waals surface area contributed by atoms with Crippen LogP contribution in [0.1, 0.15) is 17.3 Å². The highest BCUT2D eigenvalue weighted by atomic mass is 16.1. The monoisotopic (exact) mass is 272 g/mol. The normalized spacial score (nSPS) is 12.6. The predicted octanol–water partition coefficient (Wildman–Crippen LogP) is 1.50. The molecule has 2 aromatic rings. The molecule has 0 saturated heterocycles. The summed E-state index contributed by atoms with van der Waals surface area (Å²) in [5.74, 6) is 0.235. The van der Waals surface area contributed by atoms with Gasteiger partial charge in [-0.05, 0) is 33.2 Å². The molecule has 20 heavy (non-hydrogen) atoms. The van der Waals surface area contributed by atoms with Crippen molar-refractivity contribution in [3.8, 4) is 0 Å². The number of benzene rings is 1. The third-order valence-electron chi connectivity index (χ3n) is 3.00. The number of pyridine rings is 1. The maximum atomic E-state index is 12.4. The Morgan fingerprint density at radius 2 is 2.10 bits per heavy atom. The average molecular weight is 272 g/mol. The van der Waals surface area contributed by atoms with E-state index >= 15 is 0 Å². The molecule has 3 N–H and O–H groups in total. The van der Waals surface area contributed by atoms with E-state index in [1.54, 1.807) is 6.07 Å². The smallest absolute Gasteiger partial charge is 0.252 e. The molecule has 106 valence electrons. The molecule has 5 nitrogen and oxygen atoms in total. The van der Waals surface area contributed by atoms with E-state index < -0.39 is 0 Å². The molecule has 1 heterocycles. The Morgan fingerprint density at radius 1 is 1.40 bits per heavy atom. The lowest BCUT2D eigenvalue weighted by atomic mass is 10.1. The Kier molecular flexibility index (Phi) is 4.20. The second-order valence-electron chi connectivity index (χ2n) is 5.25. The number of nitrogen functional groups attached to an aromatic ring is 1. The van der Waals surface area contributed by atoms with Crippen molar-refractivity contribution >= 4 is 22.6 Å². The van der Waals surface area contributed by atoms with E-state index in [4.69, 9.17) is 5.73 Å². The van der Waals surface area contributed by atoms with E-state index in [-0.39, 0.29) is 11.9 Å². The van der Waals surface area contributed by atoms with E-state index in [9.17, 15) is 4.79 Å². The first-order valence-electron chi connectivity index (χ1n) is 6.58. The summed E-state index contributed by atoms with van der Waals surface area (Å²) in [6.07, 6.45) is 0. The van der Waals surface area contributed by atoms with Crippen LogP contribution in [0.4, 0.5) is 5.82 Å². The molecular formula is C15H20N4O. The lowest BCUT2D eigenvalue weighted by molar-refractivity contribution is 0.0936. The number of para-hydroxylation sites is 1. The third kappa shape index (κ3) is 3.24. The molecule has 0 aliphatic heterocycles. The standard InChI is InChI=1S/C15H20N4O/c1-10(9-19(2)3)17-15(20)12-8-14(16)18-13-7-5-4-6-11(12)13/h4-8,10H,9H2,1-3H3,(H2,16,18)(H,17,20). The van der Waals surface area contributed by atoms with Gasteiger partial charge in [-0.1, -0.05) is 18.2 Å². The number of nitrogens with two attached hydrogens (primary N) is 1. The number of fused-ring (bicyclic) bond motifs is 1. The van der Waals surface area contributed by atoms with Gasteiger partial charge in [0.15, 0.2) is 0 Å². The van der Waals surface area contributed by atoms with Crippen LogP contribution in [0.3, 0.4) is 0 Å². The van der Waals surface area contributed by atoms with Crippen LogP contribution in [0.5, 0.6) is 0 Å². The summed E-state index contributed by atoms with van der Waals surface area (Å²) >= 11 is 0. The number of hydrogen-bond donors (Lipinski definition) is 2. The van der Waals surface area contributed by atoms with Gasteiger partial charge in [-0.3, -0.25) is 4.79 Å². The number of carbonyl (C=O) groups is 1. The summed E-state index contributed by atoms with van der Waals surface area (Å²) < 4.78 is 0. The van der Waals surface area contributed by atoms with Crippen LogP contribution in [0, 0.1) is 0 Å². The van der Waals surface area contributed by atoms with Crippen molar-refractivity contribution in [3.05, 3.63) is 35.9 Å². The van der Waals surface area contributed by atoms with Gasteiger partial charge in [0.2, 0.25) is 0 Å². The SMILES string of the molecule is CC(CN(C)C)NC(=O)c1cc(N)nc2ccccc12. The largest absolute Gasteiger partial charge is 0.384 e. The van der Waals surface area contributed by atoms with Gasteiger partial charge < -0.3 is 16.0 Å². The fourth-order valence-corrected chi connectivity index (χ4v) is 2.28. The maximum Gasteiger partial charge on any atom is 0.252 e. The third-order valence-corrected chi connectivity index (χ3v) is 3.00. The number of likely N-dealkylation sites (N-methyl/N-ethyl adjacent to an activating group) is 1. The Bertz CT molecular complexity index is 624. The zero-order valence-electron chi connectivity index (χ0n) is 12.1. The minimum absolute atomic E-state index is 0.0608. The second-order valence-corrected chi connectivity index (χ2v) is 5.25. The van der Waals surface area contributed by atoms with Gasteiger partial charge in [0.25, 0.3) is 5.91 Å². The molecule has 0 aliphatic carbocycles. The van der Waals surface area contributed by atoms with Gasteiger partial charge in [0.05, 0.1) is 11.1 Å². The molecule has 0 aliphatic rings. The highest BCUT2D eigenvalue weighted by Crippen LogP contribution is 2.19. The number of aromatic nitrogens is 1. The molecule has 2 rings (SSSR count). The number of carbonyl (C=O) groups excluding carboxylic acids is 1. The van der Waals surface area contributed by atoms with Gasteiger partial charge >= 0.3 is 0 Å². The van der Waals surface area contributed by atoms with Crippen molar-refractivity contribution < 1.29 is 4.79 Å². The van der Waals surface area contributed by atoms with E-state index in [1.807, 2.05) is 50.2 Å². The lowest BCUT2D eigenvalue weighted by Crippen LogP contribution is -2.39. The number of rotatable bonds is 4. The maximum absolute atomic E-state index is 12.4. The lowest BCUT2D eigenvalue weighted by Gasteiger charge is -2.18. The molecule has 0 bridgehead atoms. The van der Waals surface area contributed by atoms with Gasteiger partial charge in [-0.15, -0.1) is 0 Å². The van der Waals surface area contributed by atoms with E-state index in [0.717, 1.165) is 17.4 Å². The molecule has 1 atom stereocenters. The summed E-state index contributed by atoms with van der Waals surface area (Å²) in [5, 5.41) is 3.80. The minimum Gasteiger partial charge on any atom is -0.384 e. The number of nitrogens with zero attached hydrogens (tertiary/aromatic N) is 2. The summed E-state index contributed by atoms with van der Waals surface area (Å²) in [6.45, 7) is 2.76. The van der Waals surface area contributed by atoms with E-state index in [2.05, 4.69) is 10.3 Å². The van der Waals surface area contributed by atoms with Crippen molar-refractivity contribution in [2.45, 2.75) is 13.0 Å². The van der Waals surface area contributed by atoms with Crippen molar-refractivity contribution in [2.75, 3.05) is 26.4 Å². The van der Waals surface area contributed by atoms with Crippen molar-refractivity contribution in [1.29, 1.82) is 0 Å². The van der Waals surface area contributed by atoms with Crippen LogP contribution >= 0.6 is 0 Å².